The van der Waals surface area contributed by atoms with Crippen LogP contribution in [0.5, 0.6) is 0 Å². The van der Waals surface area contributed by atoms with Crippen molar-refractivity contribution >= 4 is 23.6 Å². The van der Waals surface area contributed by atoms with E-state index in [9.17, 15) is 19.2 Å². The minimum Gasteiger partial charge on any atom is -0.295 e. The number of fused-ring (bicyclic) bond motifs is 1. The number of carbonyl (C=O) groups is 4. The van der Waals surface area contributed by atoms with E-state index in [0.717, 1.165) is 4.90 Å². The second kappa shape index (κ2) is 4.26. The van der Waals surface area contributed by atoms with Crippen LogP contribution >= 0.6 is 0 Å². The highest BCUT2D eigenvalue weighted by atomic mass is 16.2. The number of nitrogens with zero attached hydrogens (tertiary/aromatic N) is 1. The molecule has 1 fully saturated rings. The zero-order chi connectivity index (χ0) is 14.4. The number of nitrogens with one attached hydrogen (secondary N) is 1. The molecule has 1 aromatic rings. The Hall–Kier alpha value is -2.50. The van der Waals surface area contributed by atoms with Crippen molar-refractivity contribution in [2.45, 2.75) is 18.9 Å². The Morgan fingerprint density at radius 3 is 2.55 bits per heavy atom. The van der Waals surface area contributed by atoms with Gasteiger partial charge in [0.1, 0.15) is 6.04 Å². The van der Waals surface area contributed by atoms with Crippen LogP contribution < -0.4 is 5.32 Å². The summed E-state index contributed by atoms with van der Waals surface area (Å²) in [5.41, 5.74) is 0.949. The predicted octanol–water partition coefficient (Wildman–Crippen LogP) is 0.270. The number of carbonyl (C=O) groups excluding carboxylic acids is 4. The van der Waals surface area contributed by atoms with E-state index < -0.39 is 23.8 Å². The quantitative estimate of drug-likeness (QED) is 0.743. The van der Waals surface area contributed by atoms with Crippen molar-refractivity contribution in [3.05, 3.63) is 41.8 Å². The second-order valence-corrected chi connectivity index (χ2v) is 4.79. The number of rotatable bonds is 1. The van der Waals surface area contributed by atoms with Gasteiger partial charge in [-0.2, -0.15) is 0 Å². The van der Waals surface area contributed by atoms with Crippen LogP contribution in [-0.2, 0) is 9.59 Å². The van der Waals surface area contributed by atoms with Crippen molar-refractivity contribution < 1.29 is 19.2 Å². The number of piperidine rings is 1. The molecule has 1 saturated heterocycles. The maximum atomic E-state index is 12.4. The lowest BCUT2D eigenvalue weighted by Crippen LogP contribution is -2.54. The fraction of sp³-hybridized carbons (Fsp3) is 0.214. The minimum absolute atomic E-state index is 0.112. The molecule has 1 aromatic carbocycles. The van der Waals surface area contributed by atoms with E-state index in [4.69, 9.17) is 0 Å². The lowest BCUT2D eigenvalue weighted by atomic mass is 10.0. The molecule has 1 radical (unpaired) electrons. The Morgan fingerprint density at radius 1 is 1.15 bits per heavy atom. The van der Waals surface area contributed by atoms with Gasteiger partial charge in [0.15, 0.2) is 0 Å². The molecule has 0 aliphatic carbocycles. The third kappa shape index (κ3) is 1.65. The van der Waals surface area contributed by atoms with Gasteiger partial charge in [-0.25, -0.2) is 0 Å². The predicted molar refractivity (Wildman–Crippen MR) is 67.6 cm³/mol. The monoisotopic (exact) mass is 271 g/mol. The Balaban J connectivity index is 2.00. The van der Waals surface area contributed by atoms with Gasteiger partial charge < -0.3 is 0 Å². The molecule has 2 aliphatic heterocycles. The first-order valence-electron chi connectivity index (χ1n) is 6.17. The maximum absolute atomic E-state index is 12.4. The molecule has 1 N–H and O–H groups in total. The Bertz CT molecular complexity index is 665. The number of amides is 4. The van der Waals surface area contributed by atoms with Gasteiger partial charge in [-0.1, -0.05) is 12.1 Å². The standard InChI is InChI=1S/C14H11N2O4/c1-7-3-2-4-8-11(7)14(20)16(13(8)19)9-5-6-10(17)15-12(9)18/h2-4,9H,1,5-6H2,(H,15,17,18). The molecule has 0 aromatic heterocycles. The van der Waals surface area contributed by atoms with Crippen LogP contribution in [0.4, 0.5) is 0 Å². The smallest absolute Gasteiger partial charge is 0.262 e. The highest BCUT2D eigenvalue weighted by molar-refractivity contribution is 6.24. The molecular formula is C14H11N2O4. The third-order valence-corrected chi connectivity index (χ3v) is 3.55. The van der Waals surface area contributed by atoms with Crippen LogP contribution in [0.25, 0.3) is 0 Å². The summed E-state index contributed by atoms with van der Waals surface area (Å²) >= 11 is 0. The molecule has 4 amide bonds. The fourth-order valence-corrected chi connectivity index (χ4v) is 2.58. The van der Waals surface area contributed by atoms with Crippen molar-refractivity contribution in [3.63, 3.8) is 0 Å². The van der Waals surface area contributed by atoms with Gasteiger partial charge in [0.05, 0.1) is 11.1 Å². The summed E-state index contributed by atoms with van der Waals surface area (Å²) in [4.78, 5) is 48.5. The normalized spacial score (nSPS) is 22.1. The van der Waals surface area contributed by atoms with Crippen LogP contribution in [-0.4, -0.2) is 34.6 Å². The molecule has 0 saturated carbocycles. The average Bonchev–Trinajstić information content (AvgIpc) is 2.64. The summed E-state index contributed by atoms with van der Waals surface area (Å²) in [5.74, 6) is -2.03. The fourth-order valence-electron chi connectivity index (χ4n) is 2.58. The van der Waals surface area contributed by atoms with Crippen LogP contribution in [0.2, 0.25) is 0 Å². The molecule has 0 spiro atoms. The van der Waals surface area contributed by atoms with Crippen LogP contribution in [0.3, 0.4) is 0 Å². The van der Waals surface area contributed by atoms with E-state index in [-0.39, 0.29) is 29.9 Å². The highest BCUT2D eigenvalue weighted by Gasteiger charge is 2.44. The molecule has 2 heterocycles. The first-order valence-corrected chi connectivity index (χ1v) is 6.17. The molecule has 1 unspecified atom stereocenters. The van der Waals surface area contributed by atoms with Gasteiger partial charge in [0.2, 0.25) is 11.8 Å². The van der Waals surface area contributed by atoms with Gasteiger partial charge in [-0.3, -0.25) is 29.4 Å². The van der Waals surface area contributed by atoms with Gasteiger partial charge in [0.25, 0.3) is 11.8 Å². The SMILES string of the molecule is [CH2]c1cccc2c1C(=O)N(C1CCC(=O)NC1=O)C2=O. The zero-order valence-corrected chi connectivity index (χ0v) is 10.5. The Labute approximate surface area is 114 Å². The molecule has 2 aliphatic rings. The van der Waals surface area contributed by atoms with E-state index in [1.165, 1.54) is 6.07 Å². The summed E-state index contributed by atoms with van der Waals surface area (Å²) < 4.78 is 0. The van der Waals surface area contributed by atoms with Crippen molar-refractivity contribution in [1.29, 1.82) is 0 Å². The highest BCUT2D eigenvalue weighted by Crippen LogP contribution is 2.29. The van der Waals surface area contributed by atoms with Gasteiger partial charge in [-0.05, 0) is 25.0 Å². The number of benzene rings is 1. The lowest BCUT2D eigenvalue weighted by molar-refractivity contribution is -0.136. The first-order chi connectivity index (χ1) is 9.50. The van der Waals surface area contributed by atoms with Crippen molar-refractivity contribution in [2.24, 2.45) is 0 Å². The van der Waals surface area contributed by atoms with Gasteiger partial charge >= 0.3 is 0 Å². The summed E-state index contributed by atoms with van der Waals surface area (Å²) in [6.07, 6.45) is 0.268. The molecular weight excluding hydrogens is 260 g/mol. The minimum atomic E-state index is -0.931. The first kappa shape index (κ1) is 12.5. The molecule has 6 heteroatoms. The number of imide groups is 2. The van der Waals surface area contributed by atoms with E-state index in [1.807, 2.05) is 0 Å². The third-order valence-electron chi connectivity index (χ3n) is 3.55. The largest absolute Gasteiger partial charge is 0.295 e. The number of hydrogen-bond acceptors (Lipinski definition) is 4. The van der Waals surface area contributed by atoms with E-state index in [2.05, 4.69) is 12.2 Å². The molecule has 6 nitrogen and oxygen atoms in total. The second-order valence-electron chi connectivity index (χ2n) is 4.79. The molecule has 20 heavy (non-hydrogen) atoms. The van der Waals surface area contributed by atoms with Crippen LogP contribution in [0, 0.1) is 6.92 Å². The molecule has 0 bridgehead atoms. The van der Waals surface area contributed by atoms with E-state index in [0.29, 0.717) is 5.56 Å². The van der Waals surface area contributed by atoms with Gasteiger partial charge in [-0.15, -0.1) is 0 Å². The Kier molecular flexibility index (Phi) is 2.67. The van der Waals surface area contributed by atoms with E-state index in [1.54, 1.807) is 12.1 Å². The molecule has 1 atom stereocenters. The summed E-state index contributed by atoms with van der Waals surface area (Å²) in [6.45, 7) is 3.73. The van der Waals surface area contributed by atoms with Crippen molar-refractivity contribution in [3.8, 4) is 0 Å². The Morgan fingerprint density at radius 2 is 1.90 bits per heavy atom. The topological polar surface area (TPSA) is 83.6 Å². The van der Waals surface area contributed by atoms with Crippen molar-refractivity contribution in [2.75, 3.05) is 0 Å². The van der Waals surface area contributed by atoms with Gasteiger partial charge in [0, 0.05) is 6.42 Å². The van der Waals surface area contributed by atoms with E-state index >= 15 is 0 Å². The summed E-state index contributed by atoms with van der Waals surface area (Å²) in [5, 5.41) is 2.15. The maximum Gasteiger partial charge on any atom is 0.262 e. The molecule has 3 rings (SSSR count). The summed E-state index contributed by atoms with van der Waals surface area (Å²) in [6, 6.07) is 3.88. The lowest BCUT2D eigenvalue weighted by Gasteiger charge is -2.27. The molecule has 101 valence electrons. The van der Waals surface area contributed by atoms with Crippen LogP contribution in [0.15, 0.2) is 18.2 Å². The van der Waals surface area contributed by atoms with Crippen molar-refractivity contribution in [1.82, 2.24) is 10.2 Å². The number of hydrogen-bond donors (Lipinski definition) is 1. The zero-order valence-electron chi connectivity index (χ0n) is 10.5. The average molecular weight is 271 g/mol. The summed E-state index contributed by atoms with van der Waals surface area (Å²) in [7, 11) is 0. The van der Waals surface area contributed by atoms with Crippen LogP contribution in [0.1, 0.15) is 39.1 Å².